The van der Waals surface area contributed by atoms with Crippen molar-refractivity contribution in [2.75, 3.05) is 0 Å². The molecule has 0 unspecified atom stereocenters. The average Bonchev–Trinajstić information content (AvgIpc) is 3.20. The summed E-state index contributed by atoms with van der Waals surface area (Å²) in [4.78, 5) is 0. The molecule has 28 heavy (non-hydrogen) atoms. The highest BCUT2D eigenvalue weighted by atomic mass is 14.5. The van der Waals surface area contributed by atoms with Crippen LogP contribution in [0, 0.1) is 0 Å². The summed E-state index contributed by atoms with van der Waals surface area (Å²) < 4.78 is 0. The lowest BCUT2D eigenvalue weighted by molar-refractivity contribution is 0.485. The second-order valence-electron chi connectivity index (χ2n) is 8.61. The molecule has 2 aliphatic rings. The molecule has 0 radical (unpaired) electrons. The molecule has 0 saturated heterocycles. The summed E-state index contributed by atoms with van der Waals surface area (Å²) >= 11 is 0. The van der Waals surface area contributed by atoms with Gasteiger partial charge in [0.1, 0.15) is 0 Å². The monoisotopic (exact) mass is 366 g/mol. The third kappa shape index (κ3) is 1.91. The smallest absolute Gasteiger partial charge is 0.0210 e. The van der Waals surface area contributed by atoms with E-state index in [4.69, 9.17) is 0 Å². The van der Waals surface area contributed by atoms with Gasteiger partial charge < -0.3 is 0 Å². The number of hydrogen-bond acceptors (Lipinski definition) is 0. The molecule has 0 nitrogen and oxygen atoms in total. The van der Waals surface area contributed by atoms with Gasteiger partial charge in [-0.2, -0.15) is 0 Å². The Hall–Kier alpha value is -2.34. The van der Waals surface area contributed by atoms with E-state index < -0.39 is 0 Å². The third-order valence-corrected chi connectivity index (χ3v) is 8.07. The summed E-state index contributed by atoms with van der Waals surface area (Å²) in [6.07, 6.45) is 4.61. The van der Waals surface area contributed by atoms with Crippen molar-refractivity contribution < 1.29 is 0 Å². The molecule has 0 atom stereocenters. The standard InChI is InChI=1S/C28H30/c1-5-27(6-2)23-15-11-9-13-19(23)21-18-26-22(17-25(21)27)20-14-10-12-16-24(20)28(26,7-3)8-4/h9-18H,5-8H2,1-4H3. The van der Waals surface area contributed by atoms with Crippen molar-refractivity contribution >= 4 is 0 Å². The van der Waals surface area contributed by atoms with Gasteiger partial charge in [0, 0.05) is 10.8 Å². The number of fused-ring (bicyclic) bond motifs is 6. The molecule has 0 aromatic heterocycles. The minimum absolute atomic E-state index is 0.152. The zero-order valence-electron chi connectivity index (χ0n) is 17.6. The lowest BCUT2D eigenvalue weighted by atomic mass is 9.71. The van der Waals surface area contributed by atoms with Crippen LogP contribution in [0.5, 0.6) is 0 Å². The van der Waals surface area contributed by atoms with E-state index in [0.717, 1.165) is 25.7 Å². The summed E-state index contributed by atoms with van der Waals surface area (Å²) in [5.74, 6) is 0. The second-order valence-corrected chi connectivity index (χ2v) is 8.61. The molecular formula is C28H30. The molecule has 0 bridgehead atoms. The summed E-state index contributed by atoms with van der Waals surface area (Å²) in [5, 5.41) is 0. The molecule has 0 N–H and O–H groups in total. The van der Waals surface area contributed by atoms with E-state index in [2.05, 4.69) is 88.4 Å². The average molecular weight is 367 g/mol. The maximum atomic E-state index is 2.57. The highest BCUT2D eigenvalue weighted by molar-refractivity contribution is 5.89. The Kier molecular flexibility index (Phi) is 3.85. The van der Waals surface area contributed by atoms with E-state index in [-0.39, 0.29) is 10.8 Å². The van der Waals surface area contributed by atoms with Gasteiger partial charge in [0.25, 0.3) is 0 Å². The van der Waals surface area contributed by atoms with Crippen molar-refractivity contribution in [1.29, 1.82) is 0 Å². The largest absolute Gasteiger partial charge is 0.0642 e. The normalized spacial score (nSPS) is 17.0. The Labute approximate surface area is 169 Å². The first-order chi connectivity index (χ1) is 13.7. The number of hydrogen-bond donors (Lipinski definition) is 0. The van der Waals surface area contributed by atoms with E-state index in [1.54, 1.807) is 11.1 Å². The summed E-state index contributed by atoms with van der Waals surface area (Å²) in [6, 6.07) is 23.4. The van der Waals surface area contributed by atoms with Crippen LogP contribution in [-0.2, 0) is 10.8 Å². The highest BCUT2D eigenvalue weighted by Gasteiger charge is 2.45. The molecule has 0 aliphatic heterocycles. The maximum Gasteiger partial charge on any atom is 0.0210 e. The van der Waals surface area contributed by atoms with Crippen molar-refractivity contribution in [2.45, 2.75) is 64.2 Å². The predicted molar refractivity (Wildman–Crippen MR) is 120 cm³/mol. The zero-order chi connectivity index (χ0) is 19.5. The van der Waals surface area contributed by atoms with E-state index in [1.807, 2.05) is 0 Å². The SMILES string of the molecule is CCC1(CC)c2ccccc2-c2cc3c(cc21)-c1ccccc1C3(CC)CC. The Morgan fingerprint density at radius 2 is 0.821 bits per heavy atom. The quantitative estimate of drug-likeness (QED) is 0.441. The van der Waals surface area contributed by atoms with Crippen molar-refractivity contribution in [3.8, 4) is 22.3 Å². The molecule has 0 fully saturated rings. The van der Waals surface area contributed by atoms with Crippen LogP contribution in [0.15, 0.2) is 60.7 Å². The fraction of sp³-hybridized carbons (Fsp3) is 0.357. The first-order valence-corrected chi connectivity index (χ1v) is 11.1. The van der Waals surface area contributed by atoms with Crippen LogP contribution in [0.1, 0.15) is 75.6 Å². The van der Waals surface area contributed by atoms with Gasteiger partial charge in [-0.1, -0.05) is 76.2 Å². The van der Waals surface area contributed by atoms with Crippen LogP contribution in [0.2, 0.25) is 0 Å². The van der Waals surface area contributed by atoms with E-state index in [0.29, 0.717) is 0 Å². The molecule has 0 heterocycles. The molecular weight excluding hydrogens is 336 g/mol. The minimum Gasteiger partial charge on any atom is -0.0642 e. The van der Waals surface area contributed by atoms with Crippen molar-refractivity contribution in [1.82, 2.24) is 0 Å². The maximum absolute atomic E-state index is 2.57. The lowest BCUT2D eigenvalue weighted by Crippen LogP contribution is -2.24. The van der Waals surface area contributed by atoms with Gasteiger partial charge in [-0.15, -0.1) is 0 Å². The zero-order valence-corrected chi connectivity index (χ0v) is 17.6. The van der Waals surface area contributed by atoms with Crippen LogP contribution >= 0.6 is 0 Å². The van der Waals surface area contributed by atoms with Gasteiger partial charge in [0.2, 0.25) is 0 Å². The molecule has 3 aromatic carbocycles. The van der Waals surface area contributed by atoms with Gasteiger partial charge in [-0.25, -0.2) is 0 Å². The van der Waals surface area contributed by atoms with E-state index >= 15 is 0 Å². The molecule has 142 valence electrons. The molecule has 2 aliphatic carbocycles. The van der Waals surface area contributed by atoms with Crippen LogP contribution < -0.4 is 0 Å². The molecule has 0 heteroatoms. The number of benzene rings is 3. The molecule has 0 spiro atoms. The van der Waals surface area contributed by atoms with Crippen LogP contribution in [0.3, 0.4) is 0 Å². The predicted octanol–water partition coefficient (Wildman–Crippen LogP) is 7.86. The first kappa shape index (κ1) is 17.7. The van der Waals surface area contributed by atoms with Gasteiger partial charge in [0.05, 0.1) is 0 Å². The van der Waals surface area contributed by atoms with Gasteiger partial charge in [-0.3, -0.25) is 0 Å². The number of rotatable bonds is 4. The second kappa shape index (κ2) is 6.08. The molecule has 0 amide bonds. The first-order valence-electron chi connectivity index (χ1n) is 11.1. The topological polar surface area (TPSA) is 0 Å². The molecule has 0 saturated carbocycles. The van der Waals surface area contributed by atoms with Crippen molar-refractivity contribution in [3.63, 3.8) is 0 Å². The Morgan fingerprint density at radius 3 is 1.18 bits per heavy atom. The Balaban J connectivity index is 1.88. The summed E-state index contributed by atoms with van der Waals surface area (Å²) in [7, 11) is 0. The van der Waals surface area contributed by atoms with Gasteiger partial charge in [0.15, 0.2) is 0 Å². The van der Waals surface area contributed by atoms with Gasteiger partial charge in [-0.05, 0) is 82.3 Å². The molecule has 5 rings (SSSR count). The summed E-state index contributed by atoms with van der Waals surface area (Å²) in [6.45, 7) is 9.44. The van der Waals surface area contributed by atoms with Crippen LogP contribution in [-0.4, -0.2) is 0 Å². The van der Waals surface area contributed by atoms with Crippen LogP contribution in [0.25, 0.3) is 22.3 Å². The van der Waals surface area contributed by atoms with Gasteiger partial charge >= 0.3 is 0 Å². The van der Waals surface area contributed by atoms with Crippen LogP contribution in [0.4, 0.5) is 0 Å². The van der Waals surface area contributed by atoms with Crippen molar-refractivity contribution in [2.24, 2.45) is 0 Å². The van der Waals surface area contributed by atoms with E-state index in [1.165, 1.54) is 33.4 Å². The Bertz CT molecular complexity index is 974. The summed E-state index contributed by atoms with van der Waals surface area (Å²) in [5.41, 5.74) is 12.4. The highest BCUT2D eigenvalue weighted by Crippen LogP contribution is 2.59. The lowest BCUT2D eigenvalue weighted by Gasteiger charge is -2.31. The third-order valence-electron chi connectivity index (χ3n) is 8.07. The van der Waals surface area contributed by atoms with E-state index in [9.17, 15) is 0 Å². The Morgan fingerprint density at radius 1 is 0.464 bits per heavy atom. The fourth-order valence-electron chi connectivity index (χ4n) is 6.42. The minimum atomic E-state index is 0.152. The van der Waals surface area contributed by atoms with Crippen molar-refractivity contribution in [3.05, 3.63) is 82.9 Å². The fourth-order valence-corrected chi connectivity index (χ4v) is 6.42. The molecule has 3 aromatic rings.